The fraction of sp³-hybridized carbons (Fsp3) is 0.316. The molecule has 1 aliphatic rings. The van der Waals surface area contributed by atoms with Gasteiger partial charge < -0.3 is 10.2 Å². The minimum atomic E-state index is -4.48. The molecule has 5 nitrogen and oxygen atoms in total. The van der Waals surface area contributed by atoms with Crippen LogP contribution in [0.15, 0.2) is 48.7 Å². The van der Waals surface area contributed by atoms with E-state index in [4.69, 9.17) is 0 Å². The highest BCUT2D eigenvalue weighted by atomic mass is 19.4. The first-order chi connectivity index (χ1) is 12.8. The number of hydrogen-bond donors (Lipinski definition) is 1. The molecule has 8 heteroatoms. The Balaban J connectivity index is 1.61. The molecule has 0 spiro atoms. The Morgan fingerprint density at radius 1 is 1.19 bits per heavy atom. The highest BCUT2D eigenvalue weighted by Gasteiger charge is 2.35. The van der Waals surface area contributed by atoms with Crippen molar-refractivity contribution in [1.82, 2.24) is 15.2 Å². The lowest BCUT2D eigenvalue weighted by molar-refractivity contribution is -0.139. The van der Waals surface area contributed by atoms with Crippen molar-refractivity contribution in [2.24, 2.45) is 0 Å². The van der Waals surface area contributed by atoms with Crippen molar-refractivity contribution in [3.8, 4) is 0 Å². The van der Waals surface area contributed by atoms with Crippen molar-refractivity contribution in [1.29, 1.82) is 0 Å². The first-order valence-corrected chi connectivity index (χ1v) is 8.45. The molecule has 2 aromatic rings. The number of carbonyl (C=O) groups is 2. The summed E-state index contributed by atoms with van der Waals surface area (Å²) in [6, 6.07) is 10.0. The lowest BCUT2D eigenvalue weighted by atomic mass is 10.1. The summed E-state index contributed by atoms with van der Waals surface area (Å²) in [5.41, 5.74) is -0.102. The van der Waals surface area contributed by atoms with Gasteiger partial charge in [-0.2, -0.15) is 13.2 Å². The van der Waals surface area contributed by atoms with Gasteiger partial charge in [0.25, 0.3) is 0 Å². The SMILES string of the molecule is O=C(Cc1ccccn1)N[C@H]1CC(=O)N(Cc2ccccc2C(F)(F)F)C1. The number of likely N-dealkylation sites (tertiary alicyclic amines) is 1. The van der Waals surface area contributed by atoms with Crippen LogP contribution in [0.5, 0.6) is 0 Å². The van der Waals surface area contributed by atoms with Crippen LogP contribution in [0.1, 0.15) is 23.2 Å². The van der Waals surface area contributed by atoms with E-state index in [0.29, 0.717) is 5.69 Å². The fourth-order valence-corrected chi connectivity index (χ4v) is 3.11. The largest absolute Gasteiger partial charge is 0.416 e. The minimum absolute atomic E-state index is 0.0406. The number of halogens is 3. The average molecular weight is 377 g/mol. The Hall–Kier alpha value is -2.90. The highest BCUT2D eigenvalue weighted by molar-refractivity contribution is 5.83. The Kier molecular flexibility index (Phi) is 5.43. The zero-order valence-corrected chi connectivity index (χ0v) is 14.4. The third-order valence-corrected chi connectivity index (χ3v) is 4.33. The second-order valence-electron chi connectivity index (χ2n) is 6.40. The predicted molar refractivity (Wildman–Crippen MR) is 91.3 cm³/mol. The molecule has 1 saturated heterocycles. The number of carbonyl (C=O) groups excluding carboxylic acids is 2. The van der Waals surface area contributed by atoms with Crippen LogP contribution in [0.25, 0.3) is 0 Å². The number of pyridine rings is 1. The average Bonchev–Trinajstić information content (AvgIpc) is 2.94. The van der Waals surface area contributed by atoms with E-state index in [2.05, 4.69) is 10.3 Å². The van der Waals surface area contributed by atoms with E-state index in [0.717, 1.165) is 6.07 Å². The van der Waals surface area contributed by atoms with Crippen LogP contribution in [0.2, 0.25) is 0 Å². The van der Waals surface area contributed by atoms with Crippen molar-refractivity contribution in [2.45, 2.75) is 31.6 Å². The molecule has 1 N–H and O–H groups in total. The summed E-state index contributed by atoms with van der Waals surface area (Å²) in [7, 11) is 0. The lowest BCUT2D eigenvalue weighted by Crippen LogP contribution is -2.38. The van der Waals surface area contributed by atoms with E-state index < -0.39 is 17.8 Å². The molecule has 3 rings (SSSR count). The first kappa shape index (κ1) is 18.9. The van der Waals surface area contributed by atoms with Crippen LogP contribution in [0, 0.1) is 0 Å². The molecule has 142 valence electrons. The van der Waals surface area contributed by atoms with Crippen molar-refractivity contribution in [3.05, 3.63) is 65.5 Å². The van der Waals surface area contributed by atoms with Gasteiger partial charge in [0.2, 0.25) is 11.8 Å². The molecule has 27 heavy (non-hydrogen) atoms. The molecule has 0 radical (unpaired) electrons. The van der Waals surface area contributed by atoms with Gasteiger partial charge in [0.05, 0.1) is 18.0 Å². The Bertz CT molecular complexity index is 824. The van der Waals surface area contributed by atoms with E-state index in [1.54, 1.807) is 24.4 Å². The smallest absolute Gasteiger partial charge is 0.351 e. The van der Waals surface area contributed by atoms with Crippen LogP contribution in [0.3, 0.4) is 0 Å². The predicted octanol–water partition coefficient (Wildman–Crippen LogP) is 2.56. The standard InChI is InChI=1S/C19H18F3N3O2/c20-19(21,22)16-7-2-1-5-13(16)11-25-12-15(10-18(25)27)24-17(26)9-14-6-3-4-8-23-14/h1-8,15H,9-12H2,(H,24,26)/t15-/m0/s1. The number of benzene rings is 1. The van der Waals surface area contributed by atoms with Crippen LogP contribution < -0.4 is 5.32 Å². The molecule has 1 aliphatic heterocycles. The number of nitrogens with one attached hydrogen (secondary N) is 1. The molecule has 2 amide bonds. The topological polar surface area (TPSA) is 62.3 Å². The summed E-state index contributed by atoms with van der Waals surface area (Å²) in [6.07, 6.45) is -2.73. The normalized spacial score (nSPS) is 17.2. The third kappa shape index (κ3) is 4.84. The molecule has 2 heterocycles. The lowest BCUT2D eigenvalue weighted by Gasteiger charge is -2.20. The summed E-state index contributed by atoms with van der Waals surface area (Å²) in [5, 5.41) is 2.75. The molecule has 1 aromatic heterocycles. The molecule has 1 fully saturated rings. The maximum atomic E-state index is 13.1. The van der Waals surface area contributed by atoms with E-state index in [-0.39, 0.29) is 43.3 Å². The van der Waals surface area contributed by atoms with Crippen molar-refractivity contribution < 1.29 is 22.8 Å². The van der Waals surface area contributed by atoms with Crippen LogP contribution >= 0.6 is 0 Å². The van der Waals surface area contributed by atoms with E-state index in [1.165, 1.54) is 23.1 Å². The molecule has 0 unspecified atom stereocenters. The maximum absolute atomic E-state index is 13.1. The van der Waals surface area contributed by atoms with Crippen LogP contribution in [0.4, 0.5) is 13.2 Å². The van der Waals surface area contributed by atoms with Gasteiger partial charge in [-0.15, -0.1) is 0 Å². The summed E-state index contributed by atoms with van der Waals surface area (Å²) < 4.78 is 39.3. The molecule has 1 atom stereocenters. The third-order valence-electron chi connectivity index (χ3n) is 4.33. The Morgan fingerprint density at radius 3 is 2.63 bits per heavy atom. The van der Waals surface area contributed by atoms with Crippen molar-refractivity contribution >= 4 is 11.8 Å². The van der Waals surface area contributed by atoms with Gasteiger partial charge in [0.1, 0.15) is 0 Å². The van der Waals surface area contributed by atoms with Gasteiger partial charge in [-0.05, 0) is 23.8 Å². The number of hydrogen-bond acceptors (Lipinski definition) is 3. The van der Waals surface area contributed by atoms with E-state index in [1.807, 2.05) is 0 Å². The highest BCUT2D eigenvalue weighted by Crippen LogP contribution is 2.32. The molecular formula is C19H18F3N3O2. The summed E-state index contributed by atoms with van der Waals surface area (Å²) in [6.45, 7) is 0.0418. The fourth-order valence-electron chi connectivity index (χ4n) is 3.11. The van der Waals surface area contributed by atoms with Gasteiger partial charge in [0.15, 0.2) is 0 Å². The molecule has 0 aliphatic carbocycles. The van der Waals surface area contributed by atoms with E-state index in [9.17, 15) is 22.8 Å². The Morgan fingerprint density at radius 2 is 1.93 bits per heavy atom. The zero-order chi connectivity index (χ0) is 19.4. The number of alkyl halides is 3. The van der Waals surface area contributed by atoms with Crippen LogP contribution in [-0.4, -0.2) is 34.3 Å². The maximum Gasteiger partial charge on any atom is 0.416 e. The van der Waals surface area contributed by atoms with Gasteiger partial charge >= 0.3 is 6.18 Å². The summed E-state index contributed by atoms with van der Waals surface area (Å²) in [4.78, 5) is 29.7. The van der Waals surface area contributed by atoms with Crippen molar-refractivity contribution in [2.75, 3.05) is 6.54 Å². The van der Waals surface area contributed by atoms with Crippen molar-refractivity contribution in [3.63, 3.8) is 0 Å². The quantitative estimate of drug-likeness (QED) is 0.871. The number of amides is 2. The monoisotopic (exact) mass is 377 g/mol. The summed E-state index contributed by atoms with van der Waals surface area (Å²) in [5.74, 6) is -0.556. The molecule has 0 bridgehead atoms. The number of aromatic nitrogens is 1. The van der Waals surface area contributed by atoms with Gasteiger partial charge in [-0.1, -0.05) is 24.3 Å². The van der Waals surface area contributed by atoms with Gasteiger partial charge in [-0.25, -0.2) is 0 Å². The molecular weight excluding hydrogens is 359 g/mol. The zero-order valence-electron chi connectivity index (χ0n) is 14.4. The van der Waals surface area contributed by atoms with Crippen LogP contribution in [-0.2, 0) is 28.7 Å². The molecule has 0 saturated carbocycles. The second-order valence-corrected chi connectivity index (χ2v) is 6.40. The van der Waals surface area contributed by atoms with Gasteiger partial charge in [0, 0.05) is 31.4 Å². The van der Waals surface area contributed by atoms with Gasteiger partial charge in [-0.3, -0.25) is 14.6 Å². The number of rotatable bonds is 5. The first-order valence-electron chi connectivity index (χ1n) is 8.45. The molecule has 1 aromatic carbocycles. The number of nitrogens with zero attached hydrogens (tertiary/aromatic N) is 2. The summed E-state index contributed by atoms with van der Waals surface area (Å²) >= 11 is 0. The van der Waals surface area contributed by atoms with E-state index >= 15 is 0 Å². The minimum Gasteiger partial charge on any atom is -0.351 e. The Labute approximate surface area is 154 Å². The second kappa shape index (κ2) is 7.77.